The molecule has 2 unspecified atom stereocenters. The first-order chi connectivity index (χ1) is 7.20. The molecule has 0 aromatic rings. The van der Waals surface area contributed by atoms with Gasteiger partial charge in [-0.05, 0) is 6.92 Å². The van der Waals surface area contributed by atoms with Crippen molar-refractivity contribution in [1.29, 1.82) is 0 Å². The highest BCUT2D eigenvalue weighted by molar-refractivity contribution is 7.92. The molecule has 0 fully saturated rings. The lowest BCUT2D eigenvalue weighted by atomic mass is 10.3. The standard InChI is InChI=1S/C8H15NO6S/c1-5(16(3,13)14)7(11)9-4-6(10)8(12)15-2/h5-6,10H,4H2,1-3H3,(H,9,11). The molecule has 0 aromatic heterocycles. The van der Waals surface area contributed by atoms with Crippen LogP contribution in [-0.2, 0) is 24.2 Å². The summed E-state index contributed by atoms with van der Waals surface area (Å²) in [7, 11) is -2.40. The summed E-state index contributed by atoms with van der Waals surface area (Å²) in [4.78, 5) is 22.0. The highest BCUT2D eigenvalue weighted by Gasteiger charge is 2.25. The summed E-state index contributed by atoms with van der Waals surface area (Å²) < 4.78 is 26.2. The molecule has 0 aromatic carbocycles. The fraction of sp³-hybridized carbons (Fsp3) is 0.750. The quantitative estimate of drug-likeness (QED) is 0.552. The van der Waals surface area contributed by atoms with E-state index >= 15 is 0 Å². The maximum absolute atomic E-state index is 11.3. The van der Waals surface area contributed by atoms with Gasteiger partial charge in [0.2, 0.25) is 5.91 Å². The number of aliphatic hydroxyl groups is 1. The SMILES string of the molecule is COC(=O)C(O)CNC(=O)C(C)S(C)(=O)=O. The average Bonchev–Trinajstić information content (AvgIpc) is 2.21. The van der Waals surface area contributed by atoms with Gasteiger partial charge in [-0.1, -0.05) is 0 Å². The zero-order valence-corrected chi connectivity index (χ0v) is 10.1. The third kappa shape index (κ3) is 4.58. The highest BCUT2D eigenvalue weighted by atomic mass is 32.2. The molecule has 94 valence electrons. The van der Waals surface area contributed by atoms with E-state index in [2.05, 4.69) is 10.1 Å². The molecule has 0 aliphatic rings. The summed E-state index contributed by atoms with van der Waals surface area (Å²) >= 11 is 0. The number of hydrogen-bond donors (Lipinski definition) is 2. The van der Waals surface area contributed by atoms with Gasteiger partial charge in [-0.2, -0.15) is 0 Å². The largest absolute Gasteiger partial charge is 0.467 e. The van der Waals surface area contributed by atoms with Crippen LogP contribution < -0.4 is 5.32 Å². The first kappa shape index (κ1) is 14.8. The summed E-state index contributed by atoms with van der Waals surface area (Å²) in [5, 5.41) is 10.0. The predicted octanol–water partition coefficient (Wildman–Crippen LogP) is -1.93. The number of methoxy groups -OCH3 is 1. The fourth-order valence-corrected chi connectivity index (χ4v) is 1.23. The van der Waals surface area contributed by atoms with Crippen LogP contribution in [0.15, 0.2) is 0 Å². The predicted molar refractivity (Wildman–Crippen MR) is 55.3 cm³/mol. The average molecular weight is 253 g/mol. The first-order valence-corrected chi connectivity index (χ1v) is 6.38. The van der Waals surface area contributed by atoms with Gasteiger partial charge in [0.15, 0.2) is 15.9 Å². The van der Waals surface area contributed by atoms with Crippen LogP contribution in [0.1, 0.15) is 6.92 Å². The number of nitrogens with one attached hydrogen (secondary N) is 1. The van der Waals surface area contributed by atoms with Crippen LogP contribution in [0.4, 0.5) is 0 Å². The van der Waals surface area contributed by atoms with Crippen molar-refractivity contribution in [2.45, 2.75) is 18.3 Å². The minimum Gasteiger partial charge on any atom is -0.467 e. The highest BCUT2D eigenvalue weighted by Crippen LogP contribution is 1.97. The van der Waals surface area contributed by atoms with Crippen molar-refractivity contribution in [2.75, 3.05) is 19.9 Å². The van der Waals surface area contributed by atoms with E-state index in [9.17, 15) is 18.0 Å². The summed E-state index contributed by atoms with van der Waals surface area (Å²) in [6, 6.07) is 0. The molecule has 0 spiro atoms. The Morgan fingerprint density at radius 2 is 1.94 bits per heavy atom. The van der Waals surface area contributed by atoms with Crippen molar-refractivity contribution in [2.24, 2.45) is 0 Å². The van der Waals surface area contributed by atoms with Crippen molar-refractivity contribution in [3.05, 3.63) is 0 Å². The lowest BCUT2D eigenvalue weighted by Gasteiger charge is -2.12. The molecule has 2 N–H and O–H groups in total. The van der Waals surface area contributed by atoms with Gasteiger partial charge in [0, 0.05) is 6.26 Å². The minimum absolute atomic E-state index is 0.384. The Balaban J connectivity index is 4.24. The van der Waals surface area contributed by atoms with Crippen molar-refractivity contribution in [3.8, 4) is 0 Å². The number of aliphatic hydroxyl groups excluding tert-OH is 1. The van der Waals surface area contributed by atoms with Crippen molar-refractivity contribution in [1.82, 2.24) is 5.32 Å². The van der Waals surface area contributed by atoms with Gasteiger partial charge < -0.3 is 15.2 Å². The molecule has 0 saturated heterocycles. The lowest BCUT2D eigenvalue weighted by molar-refractivity contribution is -0.150. The molecule has 0 radical (unpaired) electrons. The maximum Gasteiger partial charge on any atom is 0.336 e. The van der Waals surface area contributed by atoms with E-state index in [0.717, 1.165) is 13.4 Å². The molecule has 0 bridgehead atoms. The van der Waals surface area contributed by atoms with Crippen LogP contribution in [0.3, 0.4) is 0 Å². The zero-order chi connectivity index (χ0) is 12.9. The van der Waals surface area contributed by atoms with Crippen molar-refractivity contribution < 1.29 is 27.9 Å². The van der Waals surface area contributed by atoms with E-state index in [4.69, 9.17) is 5.11 Å². The van der Waals surface area contributed by atoms with Crippen LogP contribution in [0, 0.1) is 0 Å². The second-order valence-electron chi connectivity index (χ2n) is 3.26. The molecule has 0 aliphatic carbocycles. The van der Waals surface area contributed by atoms with E-state index in [1.807, 2.05) is 0 Å². The van der Waals surface area contributed by atoms with E-state index in [0.29, 0.717) is 0 Å². The van der Waals surface area contributed by atoms with E-state index < -0.39 is 33.1 Å². The zero-order valence-electron chi connectivity index (χ0n) is 9.26. The Morgan fingerprint density at radius 3 is 2.31 bits per heavy atom. The number of carbonyl (C=O) groups is 2. The third-order valence-corrected chi connectivity index (χ3v) is 3.45. The lowest BCUT2D eigenvalue weighted by Crippen LogP contribution is -2.43. The van der Waals surface area contributed by atoms with E-state index in [-0.39, 0.29) is 6.54 Å². The maximum atomic E-state index is 11.3. The first-order valence-electron chi connectivity index (χ1n) is 4.42. The topological polar surface area (TPSA) is 110 Å². The van der Waals surface area contributed by atoms with Crippen LogP contribution in [-0.4, -0.2) is 56.7 Å². The number of ether oxygens (including phenoxy) is 1. The monoisotopic (exact) mass is 253 g/mol. The van der Waals surface area contributed by atoms with Gasteiger partial charge in [0.05, 0.1) is 13.7 Å². The molecule has 0 saturated carbocycles. The molecular weight excluding hydrogens is 238 g/mol. The molecule has 0 aliphatic heterocycles. The molecule has 1 amide bonds. The molecule has 16 heavy (non-hydrogen) atoms. The van der Waals surface area contributed by atoms with Gasteiger partial charge >= 0.3 is 5.97 Å². The van der Waals surface area contributed by atoms with Crippen LogP contribution in [0.5, 0.6) is 0 Å². The van der Waals surface area contributed by atoms with Gasteiger partial charge in [0.1, 0.15) is 5.25 Å². The number of hydrogen-bond acceptors (Lipinski definition) is 6. The Hall–Kier alpha value is -1.15. The Bertz CT molecular complexity index is 363. The fourth-order valence-electron chi connectivity index (χ4n) is 0.755. The molecule has 7 nitrogen and oxygen atoms in total. The summed E-state index contributed by atoms with van der Waals surface area (Å²) in [6.07, 6.45) is -0.575. The van der Waals surface area contributed by atoms with Gasteiger partial charge in [-0.3, -0.25) is 4.79 Å². The van der Waals surface area contributed by atoms with E-state index in [1.165, 1.54) is 6.92 Å². The number of sulfone groups is 1. The third-order valence-electron chi connectivity index (χ3n) is 1.95. The van der Waals surface area contributed by atoms with E-state index in [1.54, 1.807) is 0 Å². The number of amides is 1. The van der Waals surface area contributed by atoms with Crippen LogP contribution in [0.25, 0.3) is 0 Å². The molecular formula is C8H15NO6S. The minimum atomic E-state index is -3.49. The molecule has 2 atom stereocenters. The van der Waals surface area contributed by atoms with Crippen LogP contribution >= 0.6 is 0 Å². The smallest absolute Gasteiger partial charge is 0.336 e. The Kier molecular flexibility index (Phi) is 5.39. The summed E-state index contributed by atoms with van der Waals surface area (Å²) in [5.74, 6) is -1.67. The molecule has 8 heteroatoms. The Morgan fingerprint density at radius 1 is 1.44 bits per heavy atom. The second kappa shape index (κ2) is 5.80. The Labute approximate surface area is 93.7 Å². The number of carbonyl (C=O) groups excluding carboxylic acids is 2. The van der Waals surface area contributed by atoms with Crippen molar-refractivity contribution in [3.63, 3.8) is 0 Å². The summed E-state index contributed by atoms with van der Waals surface area (Å²) in [6.45, 7) is 0.834. The van der Waals surface area contributed by atoms with Gasteiger partial charge in [-0.15, -0.1) is 0 Å². The van der Waals surface area contributed by atoms with Crippen LogP contribution in [0.2, 0.25) is 0 Å². The molecule has 0 rings (SSSR count). The normalized spacial score (nSPS) is 15.0. The van der Waals surface area contributed by atoms with Crippen molar-refractivity contribution >= 4 is 21.7 Å². The van der Waals surface area contributed by atoms with Gasteiger partial charge in [-0.25, -0.2) is 13.2 Å². The second-order valence-corrected chi connectivity index (χ2v) is 5.62. The number of esters is 1. The van der Waals surface area contributed by atoms with Gasteiger partial charge in [0.25, 0.3) is 0 Å². The molecule has 0 heterocycles. The summed E-state index contributed by atoms with van der Waals surface area (Å²) in [5.41, 5.74) is 0. The number of rotatable bonds is 5.